The third-order valence-electron chi connectivity index (χ3n) is 4.10. The molecular formula is C21H18ClF2N3O6S. The number of nitrogens with one attached hydrogen (secondary N) is 1. The topological polar surface area (TPSA) is 139 Å². The van der Waals surface area contributed by atoms with E-state index in [2.05, 4.69) is 10.3 Å². The van der Waals surface area contributed by atoms with E-state index in [9.17, 15) is 26.8 Å². The van der Waals surface area contributed by atoms with E-state index in [0.29, 0.717) is 17.7 Å². The highest BCUT2D eigenvalue weighted by molar-refractivity contribution is 7.90. The van der Waals surface area contributed by atoms with Crippen molar-refractivity contribution in [2.24, 2.45) is 0 Å². The van der Waals surface area contributed by atoms with Crippen LogP contribution in [0, 0.1) is 11.6 Å². The zero-order valence-corrected chi connectivity index (χ0v) is 19.0. The Labute approximate surface area is 198 Å². The highest BCUT2D eigenvalue weighted by Gasteiger charge is 2.28. The molecule has 3 N–H and O–H groups in total. The maximum absolute atomic E-state index is 14.3. The lowest BCUT2D eigenvalue weighted by Gasteiger charge is -2.13. The molecular weight excluding hydrogens is 496 g/mol. The predicted molar refractivity (Wildman–Crippen MR) is 119 cm³/mol. The fourth-order valence-corrected chi connectivity index (χ4v) is 4.60. The summed E-state index contributed by atoms with van der Waals surface area (Å²) in [5.74, 6) is -4.30. The number of nitrogens with zero attached hydrogens (tertiary/aromatic N) is 2. The van der Waals surface area contributed by atoms with Crippen LogP contribution in [-0.2, 0) is 26.2 Å². The molecule has 0 aliphatic rings. The number of pyridine rings is 1. The van der Waals surface area contributed by atoms with E-state index < -0.39 is 39.2 Å². The fourth-order valence-electron chi connectivity index (χ4n) is 2.73. The molecule has 0 fully saturated rings. The van der Waals surface area contributed by atoms with Crippen molar-refractivity contribution in [1.82, 2.24) is 14.3 Å². The predicted octanol–water partition coefficient (Wildman–Crippen LogP) is 3.15. The summed E-state index contributed by atoms with van der Waals surface area (Å²) in [5, 5.41) is 18.3. The minimum Gasteiger partial charge on any atom is -0.478 e. The highest BCUT2D eigenvalue weighted by atomic mass is 35.5. The Balaban J connectivity index is 0.000000440. The number of halogens is 3. The number of benzene rings is 1. The van der Waals surface area contributed by atoms with Crippen molar-refractivity contribution in [3.05, 3.63) is 83.3 Å². The van der Waals surface area contributed by atoms with Crippen LogP contribution in [0.5, 0.6) is 0 Å². The van der Waals surface area contributed by atoms with Crippen molar-refractivity contribution in [3.8, 4) is 11.3 Å². The van der Waals surface area contributed by atoms with Crippen LogP contribution in [0.2, 0.25) is 5.15 Å². The molecule has 2 aromatic heterocycles. The second-order valence-electron chi connectivity index (χ2n) is 6.44. The Morgan fingerprint density at radius 3 is 2.18 bits per heavy atom. The quantitative estimate of drug-likeness (QED) is 0.409. The molecule has 0 bridgehead atoms. The molecule has 0 amide bonds. The first-order chi connectivity index (χ1) is 16.0. The first-order valence-electron chi connectivity index (χ1n) is 9.29. The smallest absolute Gasteiger partial charge is 0.328 e. The summed E-state index contributed by atoms with van der Waals surface area (Å²) in [6.07, 6.45) is 3.68. The minimum atomic E-state index is -4.22. The number of aromatic nitrogens is 2. The van der Waals surface area contributed by atoms with Gasteiger partial charge in [0.15, 0.2) is 0 Å². The van der Waals surface area contributed by atoms with Crippen molar-refractivity contribution < 1.29 is 37.0 Å². The van der Waals surface area contributed by atoms with E-state index in [1.807, 2.05) is 0 Å². The molecule has 0 saturated heterocycles. The van der Waals surface area contributed by atoms with Crippen LogP contribution in [0.3, 0.4) is 0 Å². The summed E-state index contributed by atoms with van der Waals surface area (Å²) in [4.78, 5) is 22.8. The molecule has 0 spiro atoms. The van der Waals surface area contributed by atoms with Crippen LogP contribution < -0.4 is 5.32 Å². The number of aliphatic carboxylic acids is 2. The number of carboxylic acids is 2. The molecule has 0 aliphatic carbocycles. The molecule has 0 atom stereocenters. The van der Waals surface area contributed by atoms with Crippen LogP contribution in [-0.4, -0.2) is 46.6 Å². The number of carbonyl (C=O) groups is 2. The Morgan fingerprint density at radius 2 is 1.71 bits per heavy atom. The maximum atomic E-state index is 14.3. The van der Waals surface area contributed by atoms with Gasteiger partial charge in [-0.25, -0.2) is 30.8 Å². The molecule has 9 nitrogen and oxygen atoms in total. The molecule has 0 radical (unpaired) electrons. The SMILES string of the molecule is CNCc1cc(-c2c(F)cccc2F)n(S(=O)(=O)c2cccnc2)c1Cl.O=C(O)/C=C/C(=O)O. The Hall–Kier alpha value is -3.61. The van der Waals surface area contributed by atoms with Gasteiger partial charge in [0.05, 0.1) is 11.3 Å². The first kappa shape index (κ1) is 26.6. The summed E-state index contributed by atoms with van der Waals surface area (Å²) in [6.45, 7) is 0.220. The lowest BCUT2D eigenvalue weighted by Crippen LogP contribution is -2.15. The van der Waals surface area contributed by atoms with Crippen molar-refractivity contribution in [3.63, 3.8) is 0 Å². The largest absolute Gasteiger partial charge is 0.478 e. The lowest BCUT2D eigenvalue weighted by atomic mass is 10.1. The van der Waals surface area contributed by atoms with Crippen LogP contribution in [0.4, 0.5) is 8.78 Å². The van der Waals surface area contributed by atoms with Gasteiger partial charge in [-0.2, -0.15) is 0 Å². The Morgan fingerprint density at radius 1 is 1.12 bits per heavy atom. The van der Waals surface area contributed by atoms with Crippen molar-refractivity contribution >= 4 is 33.6 Å². The third kappa shape index (κ3) is 6.25. The van der Waals surface area contributed by atoms with Gasteiger partial charge >= 0.3 is 11.9 Å². The van der Waals surface area contributed by atoms with Gasteiger partial charge < -0.3 is 15.5 Å². The van der Waals surface area contributed by atoms with Gasteiger partial charge in [-0.3, -0.25) is 4.98 Å². The normalized spacial score (nSPS) is 11.2. The second-order valence-corrected chi connectivity index (χ2v) is 8.59. The summed E-state index contributed by atoms with van der Waals surface area (Å²) >= 11 is 6.28. The van der Waals surface area contributed by atoms with E-state index in [0.717, 1.165) is 22.3 Å². The molecule has 1 aromatic carbocycles. The van der Waals surface area contributed by atoms with Gasteiger partial charge in [-0.05, 0) is 37.4 Å². The number of carboxylic acid groups (broad SMARTS) is 2. The van der Waals surface area contributed by atoms with Crippen LogP contribution in [0.15, 0.2) is 65.8 Å². The summed E-state index contributed by atoms with van der Waals surface area (Å²) < 4.78 is 55.5. The van der Waals surface area contributed by atoms with E-state index in [1.54, 1.807) is 7.05 Å². The third-order valence-corrected chi connectivity index (χ3v) is 6.31. The van der Waals surface area contributed by atoms with Crippen LogP contribution in [0.1, 0.15) is 5.56 Å². The summed E-state index contributed by atoms with van der Waals surface area (Å²) in [7, 11) is -2.57. The van der Waals surface area contributed by atoms with Crippen LogP contribution >= 0.6 is 11.6 Å². The van der Waals surface area contributed by atoms with Crippen molar-refractivity contribution in [2.75, 3.05) is 7.05 Å². The van der Waals surface area contributed by atoms with E-state index in [1.165, 1.54) is 30.5 Å². The Kier molecular flexibility index (Phi) is 9.01. The molecule has 3 aromatic rings. The first-order valence-corrected chi connectivity index (χ1v) is 11.1. The molecule has 3 rings (SSSR count). The second kappa shape index (κ2) is 11.5. The summed E-state index contributed by atoms with van der Waals surface area (Å²) in [6, 6.07) is 7.44. The highest BCUT2D eigenvalue weighted by Crippen LogP contribution is 2.35. The van der Waals surface area contributed by atoms with Gasteiger partial charge in [0.25, 0.3) is 10.0 Å². The molecule has 0 saturated carbocycles. The number of rotatable bonds is 7. The average Bonchev–Trinajstić information content (AvgIpc) is 3.10. The molecule has 13 heteroatoms. The summed E-state index contributed by atoms with van der Waals surface area (Å²) in [5.41, 5.74) is -0.275. The molecule has 0 aliphatic heterocycles. The van der Waals surface area contributed by atoms with Crippen LogP contribution in [0.25, 0.3) is 11.3 Å². The van der Waals surface area contributed by atoms with Gasteiger partial charge in [-0.15, -0.1) is 0 Å². The maximum Gasteiger partial charge on any atom is 0.328 e. The van der Waals surface area contributed by atoms with Gasteiger partial charge in [0, 0.05) is 36.7 Å². The number of hydrogen-bond donors (Lipinski definition) is 3. The monoisotopic (exact) mass is 513 g/mol. The zero-order chi connectivity index (χ0) is 25.5. The van der Waals surface area contributed by atoms with Crippen molar-refractivity contribution in [1.29, 1.82) is 0 Å². The lowest BCUT2D eigenvalue weighted by molar-refractivity contribution is -0.134. The molecule has 180 valence electrons. The minimum absolute atomic E-state index is 0.147. The number of hydrogen-bond acceptors (Lipinski definition) is 6. The molecule has 0 unspecified atom stereocenters. The van der Waals surface area contributed by atoms with Gasteiger partial charge in [0.2, 0.25) is 0 Å². The standard InChI is InChI=1S/C17H14ClF2N3O2S.C4H4O4/c1-21-9-11-8-15(16-13(19)5-2-6-14(16)20)23(17(11)18)26(24,25)12-4-3-7-22-10-12;5-3(6)1-2-4(7)8/h2-8,10,21H,9H2,1H3;1-2H,(H,5,6)(H,7,8)/b;2-1+. The van der Waals surface area contributed by atoms with E-state index in [4.69, 9.17) is 21.8 Å². The van der Waals surface area contributed by atoms with Crippen molar-refractivity contribution in [2.45, 2.75) is 11.4 Å². The zero-order valence-electron chi connectivity index (χ0n) is 17.4. The van der Waals surface area contributed by atoms with E-state index >= 15 is 0 Å². The average molecular weight is 514 g/mol. The molecule has 2 heterocycles. The molecule has 34 heavy (non-hydrogen) atoms. The van der Waals surface area contributed by atoms with Gasteiger partial charge in [0.1, 0.15) is 21.7 Å². The van der Waals surface area contributed by atoms with Gasteiger partial charge in [-0.1, -0.05) is 17.7 Å². The Bertz CT molecular complexity index is 1290. The van der Waals surface area contributed by atoms with E-state index in [-0.39, 0.29) is 22.3 Å². The fraction of sp³-hybridized carbons (Fsp3) is 0.0952.